The normalized spacial score (nSPS) is 19.9. The van der Waals surface area contributed by atoms with Gasteiger partial charge in [0.05, 0.1) is 6.67 Å². The summed E-state index contributed by atoms with van der Waals surface area (Å²) in [5.41, 5.74) is 3.36. The van der Waals surface area contributed by atoms with Crippen molar-refractivity contribution in [1.29, 1.82) is 0 Å². The van der Waals surface area contributed by atoms with E-state index in [-0.39, 0.29) is 0 Å². The molecule has 2 aliphatic rings. The van der Waals surface area contributed by atoms with E-state index in [4.69, 9.17) is 21.7 Å². The standard InChI is InChI=1S/C23H30N6OS/c1-16-11-17(2)13-19(12-16)22-26-29(23(31)30-22)15-27-9-6-7-18(14-27)21-25-24-20-8-4-3-5-10-28(20)21/h11-13,18H,3-10,14-15H2,1-2H3. The van der Waals surface area contributed by atoms with Crippen LogP contribution < -0.4 is 0 Å². The van der Waals surface area contributed by atoms with Gasteiger partial charge in [0.15, 0.2) is 0 Å². The van der Waals surface area contributed by atoms with Crippen LogP contribution in [0.25, 0.3) is 11.5 Å². The Morgan fingerprint density at radius 1 is 1.03 bits per heavy atom. The molecule has 1 unspecified atom stereocenters. The van der Waals surface area contributed by atoms with Crippen LogP contribution in [0.4, 0.5) is 0 Å². The molecule has 1 atom stereocenters. The van der Waals surface area contributed by atoms with E-state index < -0.39 is 0 Å². The zero-order chi connectivity index (χ0) is 21.4. The summed E-state index contributed by atoms with van der Waals surface area (Å²) < 4.78 is 10.1. The first-order valence-electron chi connectivity index (χ1n) is 11.4. The summed E-state index contributed by atoms with van der Waals surface area (Å²) in [6.45, 7) is 7.85. The molecule has 31 heavy (non-hydrogen) atoms. The molecule has 0 radical (unpaired) electrons. The summed E-state index contributed by atoms with van der Waals surface area (Å²) in [7, 11) is 0. The first-order chi connectivity index (χ1) is 15.1. The molecular weight excluding hydrogens is 408 g/mol. The van der Waals surface area contributed by atoms with Crippen molar-refractivity contribution in [2.75, 3.05) is 13.1 Å². The molecule has 0 N–H and O–H groups in total. The quantitative estimate of drug-likeness (QED) is 0.553. The highest BCUT2D eigenvalue weighted by Gasteiger charge is 2.28. The number of benzene rings is 1. The number of piperidine rings is 1. The van der Waals surface area contributed by atoms with Gasteiger partial charge in [-0.1, -0.05) is 23.6 Å². The summed E-state index contributed by atoms with van der Waals surface area (Å²) in [6, 6.07) is 6.33. The van der Waals surface area contributed by atoms with Gasteiger partial charge < -0.3 is 8.98 Å². The Kier molecular flexibility index (Phi) is 5.75. The van der Waals surface area contributed by atoms with E-state index >= 15 is 0 Å². The predicted molar refractivity (Wildman–Crippen MR) is 121 cm³/mol. The minimum Gasteiger partial charge on any atom is -0.409 e. The van der Waals surface area contributed by atoms with Crippen LogP contribution in [-0.2, 0) is 19.6 Å². The fourth-order valence-electron chi connectivity index (χ4n) is 5.00. The molecule has 1 saturated heterocycles. The van der Waals surface area contributed by atoms with Gasteiger partial charge in [0, 0.05) is 31.0 Å². The largest absolute Gasteiger partial charge is 0.409 e. The maximum atomic E-state index is 5.85. The highest BCUT2D eigenvalue weighted by molar-refractivity contribution is 7.71. The molecule has 2 aliphatic heterocycles. The maximum Gasteiger partial charge on any atom is 0.288 e. The van der Waals surface area contributed by atoms with Crippen molar-refractivity contribution in [3.05, 3.63) is 45.8 Å². The van der Waals surface area contributed by atoms with Gasteiger partial charge in [-0.05, 0) is 70.4 Å². The number of nitrogens with zero attached hydrogens (tertiary/aromatic N) is 6. The Labute approximate surface area is 188 Å². The summed E-state index contributed by atoms with van der Waals surface area (Å²) in [5.74, 6) is 3.34. The van der Waals surface area contributed by atoms with Gasteiger partial charge in [0.1, 0.15) is 11.6 Å². The van der Waals surface area contributed by atoms with Crippen molar-refractivity contribution in [3.63, 3.8) is 0 Å². The molecule has 0 bridgehead atoms. The third-order valence-corrected chi connectivity index (χ3v) is 6.71. The number of aromatic nitrogens is 5. The van der Waals surface area contributed by atoms with Crippen LogP contribution in [0.3, 0.4) is 0 Å². The molecule has 5 rings (SSSR count). The minimum atomic E-state index is 0.410. The van der Waals surface area contributed by atoms with Gasteiger partial charge in [0.2, 0.25) is 5.89 Å². The van der Waals surface area contributed by atoms with Crippen molar-refractivity contribution >= 4 is 12.2 Å². The lowest BCUT2D eigenvalue weighted by Crippen LogP contribution is -2.37. The van der Waals surface area contributed by atoms with E-state index in [2.05, 4.69) is 51.7 Å². The second-order valence-electron chi connectivity index (χ2n) is 9.04. The van der Waals surface area contributed by atoms with E-state index in [0.717, 1.165) is 44.5 Å². The molecular formula is C23H30N6OS. The van der Waals surface area contributed by atoms with Crippen LogP contribution in [0, 0.1) is 18.7 Å². The highest BCUT2D eigenvalue weighted by Crippen LogP contribution is 2.28. The average molecular weight is 439 g/mol. The van der Waals surface area contributed by atoms with Crippen LogP contribution in [0.1, 0.15) is 60.8 Å². The van der Waals surface area contributed by atoms with Crippen LogP contribution in [-0.4, -0.2) is 42.5 Å². The first-order valence-corrected chi connectivity index (χ1v) is 11.8. The lowest BCUT2D eigenvalue weighted by molar-refractivity contribution is 0.151. The number of hydrogen-bond acceptors (Lipinski definition) is 6. The van der Waals surface area contributed by atoms with E-state index in [1.807, 2.05) is 4.68 Å². The summed E-state index contributed by atoms with van der Waals surface area (Å²) in [4.78, 5) is 2.84. The van der Waals surface area contributed by atoms with Crippen molar-refractivity contribution in [3.8, 4) is 11.5 Å². The summed E-state index contributed by atoms with van der Waals surface area (Å²) in [6.07, 6.45) is 7.09. The number of rotatable bonds is 4. The molecule has 0 aliphatic carbocycles. The van der Waals surface area contributed by atoms with Gasteiger partial charge in [-0.15, -0.1) is 15.3 Å². The van der Waals surface area contributed by atoms with Gasteiger partial charge in [-0.2, -0.15) is 0 Å². The molecule has 0 saturated carbocycles. The summed E-state index contributed by atoms with van der Waals surface area (Å²) in [5, 5.41) is 13.8. The minimum absolute atomic E-state index is 0.410. The maximum absolute atomic E-state index is 5.85. The second kappa shape index (κ2) is 8.67. The van der Waals surface area contributed by atoms with Crippen molar-refractivity contribution in [1.82, 2.24) is 29.4 Å². The summed E-state index contributed by atoms with van der Waals surface area (Å²) >= 11 is 5.49. The molecule has 8 heteroatoms. The zero-order valence-electron chi connectivity index (χ0n) is 18.4. The second-order valence-corrected chi connectivity index (χ2v) is 9.39. The van der Waals surface area contributed by atoms with E-state index in [1.54, 1.807) is 0 Å². The number of likely N-dealkylation sites (tertiary alicyclic amines) is 1. The van der Waals surface area contributed by atoms with Crippen LogP contribution in [0.15, 0.2) is 22.6 Å². The molecule has 7 nitrogen and oxygen atoms in total. The van der Waals surface area contributed by atoms with E-state index in [1.165, 1.54) is 42.0 Å². The van der Waals surface area contributed by atoms with Crippen LogP contribution >= 0.6 is 12.2 Å². The first kappa shape index (κ1) is 20.6. The SMILES string of the molecule is Cc1cc(C)cc(-c2nn(CN3CCCC(c4nnc5n4CCCCC5)C3)c(=S)o2)c1. The number of hydrogen-bond donors (Lipinski definition) is 0. The van der Waals surface area contributed by atoms with Gasteiger partial charge in [0.25, 0.3) is 4.84 Å². The van der Waals surface area contributed by atoms with Crippen molar-refractivity contribution in [2.24, 2.45) is 0 Å². The van der Waals surface area contributed by atoms with Crippen molar-refractivity contribution < 1.29 is 4.42 Å². The van der Waals surface area contributed by atoms with Gasteiger partial charge in [-0.25, -0.2) is 4.68 Å². The van der Waals surface area contributed by atoms with E-state index in [9.17, 15) is 0 Å². The zero-order valence-corrected chi connectivity index (χ0v) is 19.2. The average Bonchev–Trinajstić information content (AvgIpc) is 3.23. The molecule has 0 amide bonds. The number of fused-ring (bicyclic) bond motifs is 1. The third-order valence-electron chi connectivity index (χ3n) is 6.42. The Balaban J connectivity index is 1.33. The van der Waals surface area contributed by atoms with Gasteiger partial charge in [-0.3, -0.25) is 4.90 Å². The molecule has 1 aromatic carbocycles. The Hall–Kier alpha value is -2.32. The lowest BCUT2D eigenvalue weighted by atomic mass is 9.97. The highest BCUT2D eigenvalue weighted by atomic mass is 32.1. The molecule has 164 valence electrons. The molecule has 4 heterocycles. The topological polar surface area (TPSA) is 64.9 Å². The van der Waals surface area contributed by atoms with Crippen LogP contribution in [0.5, 0.6) is 0 Å². The lowest BCUT2D eigenvalue weighted by Gasteiger charge is -2.31. The van der Waals surface area contributed by atoms with Gasteiger partial charge >= 0.3 is 0 Å². The third kappa shape index (κ3) is 4.36. The van der Waals surface area contributed by atoms with E-state index in [0.29, 0.717) is 23.3 Å². The molecule has 1 fully saturated rings. The fourth-order valence-corrected chi connectivity index (χ4v) is 5.18. The van der Waals surface area contributed by atoms with Crippen LogP contribution in [0.2, 0.25) is 0 Å². The van der Waals surface area contributed by atoms with Crippen molar-refractivity contribution in [2.45, 2.75) is 71.5 Å². The monoisotopic (exact) mass is 438 g/mol. The Morgan fingerprint density at radius 2 is 1.87 bits per heavy atom. The fraction of sp³-hybridized carbons (Fsp3) is 0.565. The Morgan fingerprint density at radius 3 is 2.71 bits per heavy atom. The molecule has 0 spiro atoms. The Bertz CT molecular complexity index is 1110. The molecule has 3 aromatic rings. The number of aryl methyl sites for hydroxylation is 3. The smallest absolute Gasteiger partial charge is 0.288 e. The predicted octanol–water partition coefficient (Wildman–Crippen LogP) is 4.64. The molecule has 2 aromatic heterocycles.